The van der Waals surface area contributed by atoms with Crippen molar-refractivity contribution in [3.05, 3.63) is 54.1 Å². The number of hydrogen-bond donors (Lipinski definition) is 3. The third kappa shape index (κ3) is 5.10. The van der Waals surface area contributed by atoms with E-state index in [1.54, 1.807) is 24.3 Å². The lowest BCUT2D eigenvalue weighted by Gasteiger charge is -2.22. The SMILES string of the molecule is CC(C)(C)Nc1cc(Nc2cc(F)cc(F)c2)nc(-c2cccc(N)n2)n1. The molecule has 3 rings (SSSR count). The summed E-state index contributed by atoms with van der Waals surface area (Å²) in [6.45, 7) is 5.97. The first-order valence-electron chi connectivity index (χ1n) is 8.31. The zero-order valence-corrected chi connectivity index (χ0v) is 15.2. The molecule has 8 heteroatoms. The van der Waals surface area contributed by atoms with Crippen molar-refractivity contribution in [2.45, 2.75) is 26.3 Å². The maximum Gasteiger partial charge on any atom is 0.182 e. The number of hydrogen-bond acceptors (Lipinski definition) is 6. The first-order valence-corrected chi connectivity index (χ1v) is 8.31. The third-order valence-electron chi connectivity index (χ3n) is 3.36. The van der Waals surface area contributed by atoms with Crippen molar-refractivity contribution >= 4 is 23.1 Å². The molecule has 2 heterocycles. The summed E-state index contributed by atoms with van der Waals surface area (Å²) in [4.78, 5) is 13.1. The minimum Gasteiger partial charge on any atom is -0.384 e. The van der Waals surface area contributed by atoms with Gasteiger partial charge in [-0.1, -0.05) is 6.07 Å². The summed E-state index contributed by atoms with van der Waals surface area (Å²) in [6.07, 6.45) is 0. The second kappa shape index (κ2) is 7.14. The Morgan fingerprint density at radius 1 is 0.889 bits per heavy atom. The normalized spacial score (nSPS) is 11.3. The van der Waals surface area contributed by atoms with Crippen LogP contribution >= 0.6 is 0 Å². The van der Waals surface area contributed by atoms with Gasteiger partial charge in [-0.05, 0) is 45.0 Å². The van der Waals surface area contributed by atoms with Crippen molar-refractivity contribution in [2.75, 3.05) is 16.4 Å². The quantitative estimate of drug-likeness (QED) is 0.633. The molecule has 0 spiro atoms. The average Bonchev–Trinajstić information content (AvgIpc) is 2.52. The number of halogens is 2. The number of nitrogens with two attached hydrogens (primary N) is 1. The number of rotatable bonds is 4. The van der Waals surface area contributed by atoms with Crippen molar-refractivity contribution in [1.29, 1.82) is 0 Å². The van der Waals surface area contributed by atoms with Crippen molar-refractivity contribution in [2.24, 2.45) is 0 Å². The number of nitrogen functional groups attached to an aromatic ring is 1. The largest absolute Gasteiger partial charge is 0.384 e. The maximum absolute atomic E-state index is 13.5. The highest BCUT2D eigenvalue weighted by Crippen LogP contribution is 2.24. The summed E-state index contributed by atoms with van der Waals surface area (Å²) in [6, 6.07) is 9.97. The molecular weight excluding hydrogens is 350 g/mol. The van der Waals surface area contributed by atoms with Gasteiger partial charge in [0.15, 0.2) is 5.82 Å². The minimum atomic E-state index is -0.683. The molecule has 1 aromatic carbocycles. The predicted octanol–water partition coefficient (Wildman–Crippen LogP) is 4.35. The van der Waals surface area contributed by atoms with E-state index in [1.165, 1.54) is 12.1 Å². The van der Waals surface area contributed by atoms with E-state index >= 15 is 0 Å². The number of nitrogens with zero attached hydrogens (tertiary/aromatic N) is 3. The molecule has 0 saturated heterocycles. The number of pyridine rings is 1. The van der Waals surface area contributed by atoms with Crippen LogP contribution in [0.4, 0.5) is 31.9 Å². The molecule has 0 aliphatic rings. The van der Waals surface area contributed by atoms with Crippen LogP contribution in [0, 0.1) is 11.6 Å². The van der Waals surface area contributed by atoms with Crippen molar-refractivity contribution in [3.8, 4) is 11.5 Å². The average molecular weight is 370 g/mol. The van der Waals surface area contributed by atoms with E-state index < -0.39 is 11.6 Å². The van der Waals surface area contributed by atoms with Crippen LogP contribution in [-0.2, 0) is 0 Å². The molecule has 4 N–H and O–H groups in total. The maximum atomic E-state index is 13.5. The van der Waals surface area contributed by atoms with Crippen LogP contribution in [0.15, 0.2) is 42.5 Å². The third-order valence-corrected chi connectivity index (χ3v) is 3.36. The van der Waals surface area contributed by atoms with Gasteiger partial charge in [-0.25, -0.2) is 23.7 Å². The highest BCUT2D eigenvalue weighted by atomic mass is 19.1. The molecule has 0 radical (unpaired) electrons. The van der Waals surface area contributed by atoms with Gasteiger partial charge in [0.2, 0.25) is 0 Å². The van der Waals surface area contributed by atoms with Crippen LogP contribution in [0.2, 0.25) is 0 Å². The minimum absolute atomic E-state index is 0.236. The Labute approximate surface area is 155 Å². The lowest BCUT2D eigenvalue weighted by Crippen LogP contribution is -2.27. The zero-order valence-electron chi connectivity index (χ0n) is 15.2. The van der Waals surface area contributed by atoms with Crippen molar-refractivity contribution in [3.63, 3.8) is 0 Å². The van der Waals surface area contributed by atoms with E-state index in [2.05, 4.69) is 25.6 Å². The predicted molar refractivity (Wildman–Crippen MR) is 103 cm³/mol. The number of benzene rings is 1. The van der Waals surface area contributed by atoms with Crippen LogP contribution in [-0.4, -0.2) is 20.5 Å². The molecule has 3 aromatic rings. The van der Waals surface area contributed by atoms with Crippen LogP contribution < -0.4 is 16.4 Å². The van der Waals surface area contributed by atoms with Gasteiger partial charge in [-0.3, -0.25) is 0 Å². The van der Waals surface area contributed by atoms with E-state index in [4.69, 9.17) is 5.73 Å². The molecule has 0 atom stereocenters. The molecule has 27 heavy (non-hydrogen) atoms. The van der Waals surface area contributed by atoms with Gasteiger partial charge in [0.1, 0.15) is 34.8 Å². The van der Waals surface area contributed by atoms with Crippen molar-refractivity contribution < 1.29 is 8.78 Å². The topological polar surface area (TPSA) is 88.8 Å². The van der Waals surface area contributed by atoms with E-state index in [-0.39, 0.29) is 11.2 Å². The van der Waals surface area contributed by atoms with Crippen LogP contribution in [0.1, 0.15) is 20.8 Å². The summed E-state index contributed by atoms with van der Waals surface area (Å²) in [5, 5.41) is 6.16. The van der Waals surface area contributed by atoms with E-state index in [0.717, 1.165) is 6.07 Å². The second-order valence-corrected chi connectivity index (χ2v) is 7.07. The lowest BCUT2D eigenvalue weighted by atomic mass is 10.1. The summed E-state index contributed by atoms with van der Waals surface area (Å²) in [5.41, 5.74) is 6.22. The molecule has 0 amide bonds. The summed E-state index contributed by atoms with van der Waals surface area (Å²) in [7, 11) is 0. The summed E-state index contributed by atoms with van der Waals surface area (Å²) < 4.78 is 26.9. The lowest BCUT2D eigenvalue weighted by molar-refractivity contribution is 0.584. The molecule has 0 unspecified atom stereocenters. The Balaban J connectivity index is 2.03. The number of nitrogens with one attached hydrogen (secondary N) is 2. The van der Waals surface area contributed by atoms with Crippen LogP contribution in [0.3, 0.4) is 0 Å². The van der Waals surface area contributed by atoms with Gasteiger partial charge in [-0.2, -0.15) is 0 Å². The van der Waals surface area contributed by atoms with Gasteiger partial charge in [0.25, 0.3) is 0 Å². The highest BCUT2D eigenvalue weighted by molar-refractivity contribution is 5.64. The molecule has 2 aromatic heterocycles. The zero-order chi connectivity index (χ0) is 19.6. The Bertz CT molecular complexity index is 948. The van der Waals surface area contributed by atoms with Gasteiger partial charge >= 0.3 is 0 Å². The number of aromatic nitrogens is 3. The molecular formula is C19H20F2N6. The van der Waals surface area contributed by atoms with Gasteiger partial charge < -0.3 is 16.4 Å². The van der Waals surface area contributed by atoms with Gasteiger partial charge in [0, 0.05) is 23.4 Å². The monoisotopic (exact) mass is 370 g/mol. The molecule has 0 fully saturated rings. The smallest absolute Gasteiger partial charge is 0.182 e. The first-order chi connectivity index (χ1) is 12.7. The van der Waals surface area contributed by atoms with Crippen LogP contribution in [0.5, 0.6) is 0 Å². The molecule has 0 saturated carbocycles. The molecule has 0 bridgehead atoms. The Morgan fingerprint density at radius 2 is 1.56 bits per heavy atom. The highest BCUT2D eigenvalue weighted by Gasteiger charge is 2.14. The van der Waals surface area contributed by atoms with Gasteiger partial charge in [0.05, 0.1) is 0 Å². The Hall–Kier alpha value is -3.29. The fourth-order valence-electron chi connectivity index (χ4n) is 2.42. The van der Waals surface area contributed by atoms with E-state index in [1.807, 2.05) is 20.8 Å². The molecule has 0 aliphatic heterocycles. The Kier molecular flexibility index (Phi) is 4.89. The number of anilines is 4. The molecule has 6 nitrogen and oxygen atoms in total. The van der Waals surface area contributed by atoms with Gasteiger partial charge in [-0.15, -0.1) is 0 Å². The van der Waals surface area contributed by atoms with Crippen molar-refractivity contribution in [1.82, 2.24) is 15.0 Å². The van der Waals surface area contributed by atoms with E-state index in [9.17, 15) is 8.78 Å². The fourth-order valence-corrected chi connectivity index (χ4v) is 2.42. The Morgan fingerprint density at radius 3 is 2.19 bits per heavy atom. The van der Waals surface area contributed by atoms with E-state index in [0.29, 0.717) is 29.0 Å². The standard InChI is InChI=1S/C19H20F2N6/c1-19(2,3)27-17-10-16(23-13-8-11(20)7-12(21)9-13)25-18(26-17)14-5-4-6-15(22)24-14/h4-10H,1-3H3,(H2,22,24)(H2,23,25,26,27). The summed E-state index contributed by atoms with van der Waals surface area (Å²) >= 11 is 0. The van der Waals surface area contributed by atoms with Crippen LogP contribution in [0.25, 0.3) is 11.5 Å². The second-order valence-electron chi connectivity index (χ2n) is 7.07. The first kappa shape index (κ1) is 18.5. The molecule has 0 aliphatic carbocycles. The summed E-state index contributed by atoms with van der Waals surface area (Å²) in [5.74, 6) is 0.203. The fraction of sp³-hybridized carbons (Fsp3) is 0.211. The molecule has 140 valence electrons.